The van der Waals surface area contributed by atoms with Gasteiger partial charge >= 0.3 is 6.18 Å². The lowest BCUT2D eigenvalue weighted by Gasteiger charge is -2.32. The first-order valence-electron chi connectivity index (χ1n) is 10.1. The van der Waals surface area contributed by atoms with E-state index in [1.807, 2.05) is 44.2 Å². The number of anilines is 1. The van der Waals surface area contributed by atoms with Crippen molar-refractivity contribution >= 4 is 5.82 Å². The number of halogens is 3. The Labute approximate surface area is 172 Å². The van der Waals surface area contributed by atoms with Crippen LogP contribution >= 0.6 is 0 Å². The second-order valence-corrected chi connectivity index (χ2v) is 7.38. The van der Waals surface area contributed by atoms with Crippen molar-refractivity contribution in [1.29, 1.82) is 0 Å². The molecule has 9 heteroatoms. The molecule has 0 radical (unpaired) electrons. The topological polar surface area (TPSA) is 70.6 Å². The van der Waals surface area contributed by atoms with Gasteiger partial charge < -0.3 is 4.90 Å². The van der Waals surface area contributed by atoms with Crippen LogP contribution in [0.4, 0.5) is 19.0 Å². The standard InChI is InChI=1S/C21H23F3N6/c1-3-30(4-2)20-18(19-26-28-29-27-19)17(13-8-6-5-7-9-13)15-12-14(21(22,23)24)10-11-16(15)25-20/h5-9,14H,3-4,10-12H2,1-2H3,(H,26,27,28,29). The number of aromatic amines is 1. The summed E-state index contributed by atoms with van der Waals surface area (Å²) >= 11 is 0. The van der Waals surface area contributed by atoms with E-state index in [-0.39, 0.29) is 12.8 Å². The first kappa shape index (κ1) is 20.3. The minimum absolute atomic E-state index is 0.0542. The van der Waals surface area contributed by atoms with Gasteiger partial charge in [0.15, 0.2) is 5.82 Å². The maximum atomic E-state index is 13.6. The van der Waals surface area contributed by atoms with Crippen molar-refractivity contribution in [2.45, 2.75) is 39.3 Å². The molecule has 0 fully saturated rings. The number of hydrogen-bond donors (Lipinski definition) is 1. The van der Waals surface area contributed by atoms with E-state index in [0.717, 1.165) is 16.8 Å². The third-order valence-corrected chi connectivity index (χ3v) is 5.72. The van der Waals surface area contributed by atoms with E-state index in [1.54, 1.807) is 0 Å². The summed E-state index contributed by atoms with van der Waals surface area (Å²) in [6.07, 6.45) is -3.98. The van der Waals surface area contributed by atoms with Gasteiger partial charge in [-0.3, -0.25) is 0 Å². The van der Waals surface area contributed by atoms with Crippen molar-refractivity contribution in [3.63, 3.8) is 0 Å². The molecule has 158 valence electrons. The summed E-state index contributed by atoms with van der Waals surface area (Å²) in [7, 11) is 0. The van der Waals surface area contributed by atoms with Gasteiger partial charge in [0, 0.05) is 24.3 Å². The molecule has 3 aromatic rings. The number of benzene rings is 1. The number of H-pyrrole nitrogens is 1. The zero-order valence-corrected chi connectivity index (χ0v) is 16.9. The fourth-order valence-electron chi connectivity index (χ4n) is 4.19. The number of aromatic nitrogens is 5. The van der Waals surface area contributed by atoms with Crippen LogP contribution in [0.1, 0.15) is 31.5 Å². The summed E-state index contributed by atoms with van der Waals surface area (Å²) in [6.45, 7) is 5.45. The van der Waals surface area contributed by atoms with Crippen LogP contribution in [-0.2, 0) is 12.8 Å². The maximum Gasteiger partial charge on any atom is 0.392 e. The molecule has 2 aromatic heterocycles. The number of fused-ring (bicyclic) bond motifs is 1. The Balaban J connectivity index is 2.04. The summed E-state index contributed by atoms with van der Waals surface area (Å²) in [5.41, 5.74) is 3.58. The van der Waals surface area contributed by atoms with Gasteiger partial charge in [0.05, 0.1) is 11.5 Å². The monoisotopic (exact) mass is 416 g/mol. The first-order valence-corrected chi connectivity index (χ1v) is 10.1. The predicted molar refractivity (Wildman–Crippen MR) is 108 cm³/mol. The molecule has 0 amide bonds. The van der Waals surface area contributed by atoms with Gasteiger partial charge in [-0.05, 0) is 54.7 Å². The van der Waals surface area contributed by atoms with Crippen LogP contribution < -0.4 is 4.90 Å². The fraction of sp³-hybridized carbons (Fsp3) is 0.429. The third kappa shape index (κ3) is 3.64. The molecule has 2 heterocycles. The van der Waals surface area contributed by atoms with Gasteiger partial charge in [0.2, 0.25) is 0 Å². The predicted octanol–water partition coefficient (Wildman–Crippen LogP) is 4.44. The highest BCUT2D eigenvalue weighted by Crippen LogP contribution is 2.45. The van der Waals surface area contributed by atoms with Crippen molar-refractivity contribution in [3.8, 4) is 22.5 Å². The highest BCUT2D eigenvalue weighted by atomic mass is 19.4. The fourth-order valence-corrected chi connectivity index (χ4v) is 4.19. The zero-order valence-electron chi connectivity index (χ0n) is 16.9. The third-order valence-electron chi connectivity index (χ3n) is 5.72. The number of nitrogens with zero attached hydrogens (tertiary/aromatic N) is 5. The molecular weight excluding hydrogens is 393 g/mol. The minimum atomic E-state index is -4.24. The summed E-state index contributed by atoms with van der Waals surface area (Å²) in [5.74, 6) is -0.281. The highest BCUT2D eigenvalue weighted by molar-refractivity contribution is 5.90. The molecule has 1 N–H and O–H groups in total. The molecule has 0 saturated carbocycles. The van der Waals surface area contributed by atoms with E-state index in [1.165, 1.54) is 0 Å². The van der Waals surface area contributed by atoms with E-state index in [9.17, 15) is 13.2 Å². The van der Waals surface area contributed by atoms with Gasteiger partial charge in [-0.2, -0.15) is 13.2 Å². The lowest BCUT2D eigenvalue weighted by molar-refractivity contribution is -0.177. The van der Waals surface area contributed by atoms with Crippen molar-refractivity contribution in [2.75, 3.05) is 18.0 Å². The van der Waals surface area contributed by atoms with E-state index in [4.69, 9.17) is 4.98 Å². The van der Waals surface area contributed by atoms with Crippen LogP contribution in [0, 0.1) is 5.92 Å². The lowest BCUT2D eigenvalue weighted by atomic mass is 9.80. The van der Waals surface area contributed by atoms with E-state index in [0.29, 0.717) is 42.3 Å². The smallest absolute Gasteiger partial charge is 0.357 e. The molecule has 0 bridgehead atoms. The average molecular weight is 416 g/mol. The molecule has 0 spiro atoms. The first-order chi connectivity index (χ1) is 14.4. The van der Waals surface area contributed by atoms with Gasteiger partial charge in [-0.15, -0.1) is 5.10 Å². The second kappa shape index (κ2) is 8.04. The molecule has 4 rings (SSSR count). The van der Waals surface area contributed by atoms with Crippen LogP contribution in [0.15, 0.2) is 30.3 Å². The number of hydrogen-bond acceptors (Lipinski definition) is 5. The SMILES string of the molecule is CCN(CC)c1nc2c(c(-c3ccccc3)c1-c1nnn[nH]1)CC(C(F)(F)F)CC2. The Kier molecular flexibility index (Phi) is 5.44. The molecule has 1 unspecified atom stereocenters. The molecule has 1 aliphatic carbocycles. The molecule has 1 atom stereocenters. The number of aryl methyl sites for hydroxylation is 1. The Bertz CT molecular complexity index is 998. The number of alkyl halides is 3. The van der Waals surface area contributed by atoms with E-state index < -0.39 is 12.1 Å². The summed E-state index contributed by atoms with van der Waals surface area (Å²) in [5, 5.41) is 14.3. The lowest BCUT2D eigenvalue weighted by Crippen LogP contribution is -2.31. The van der Waals surface area contributed by atoms with Gasteiger partial charge in [0.25, 0.3) is 0 Å². The summed E-state index contributed by atoms with van der Waals surface area (Å²) in [6, 6.07) is 9.46. The average Bonchev–Trinajstić information content (AvgIpc) is 3.27. The van der Waals surface area contributed by atoms with Crippen molar-refractivity contribution in [2.24, 2.45) is 5.92 Å². The maximum absolute atomic E-state index is 13.6. The molecule has 0 saturated heterocycles. The van der Waals surface area contributed by atoms with Crippen LogP contribution in [0.3, 0.4) is 0 Å². The van der Waals surface area contributed by atoms with Gasteiger partial charge in [0.1, 0.15) is 5.82 Å². The van der Waals surface area contributed by atoms with Gasteiger partial charge in [-0.25, -0.2) is 10.1 Å². The Morgan fingerprint density at radius 2 is 1.83 bits per heavy atom. The van der Waals surface area contributed by atoms with Crippen molar-refractivity contribution < 1.29 is 13.2 Å². The summed E-state index contributed by atoms with van der Waals surface area (Å²) in [4.78, 5) is 6.94. The van der Waals surface area contributed by atoms with Crippen LogP contribution in [0.5, 0.6) is 0 Å². The minimum Gasteiger partial charge on any atom is -0.357 e. The zero-order chi connectivity index (χ0) is 21.3. The van der Waals surface area contributed by atoms with E-state index >= 15 is 0 Å². The largest absolute Gasteiger partial charge is 0.392 e. The molecule has 6 nitrogen and oxygen atoms in total. The highest BCUT2D eigenvalue weighted by Gasteiger charge is 2.43. The van der Waals surface area contributed by atoms with Crippen LogP contribution in [0.2, 0.25) is 0 Å². The van der Waals surface area contributed by atoms with Crippen LogP contribution in [-0.4, -0.2) is 44.9 Å². The molecule has 1 aliphatic rings. The second-order valence-electron chi connectivity index (χ2n) is 7.38. The number of pyridine rings is 1. The van der Waals surface area contributed by atoms with E-state index in [2.05, 4.69) is 25.5 Å². The summed E-state index contributed by atoms with van der Waals surface area (Å²) < 4.78 is 40.8. The Morgan fingerprint density at radius 3 is 2.43 bits per heavy atom. The number of nitrogens with one attached hydrogen (secondary N) is 1. The molecule has 30 heavy (non-hydrogen) atoms. The Morgan fingerprint density at radius 1 is 1.10 bits per heavy atom. The Hall–Kier alpha value is -2.97. The quantitative estimate of drug-likeness (QED) is 0.666. The molecule has 0 aliphatic heterocycles. The number of rotatable bonds is 5. The normalized spacial score (nSPS) is 16.4. The van der Waals surface area contributed by atoms with Crippen molar-refractivity contribution in [3.05, 3.63) is 41.6 Å². The molecular formula is C21H23F3N6. The van der Waals surface area contributed by atoms with Gasteiger partial charge in [-0.1, -0.05) is 30.3 Å². The van der Waals surface area contributed by atoms with Crippen molar-refractivity contribution in [1.82, 2.24) is 25.6 Å². The van der Waals surface area contributed by atoms with Crippen LogP contribution in [0.25, 0.3) is 22.5 Å². The molecule has 1 aromatic carbocycles. The number of tetrazole rings is 1.